The normalized spacial score (nSPS) is 18.6. The number of thiophene rings is 1. The number of halogens is 1. The van der Waals surface area contributed by atoms with Crippen molar-refractivity contribution in [2.24, 2.45) is 0 Å². The molecule has 1 saturated heterocycles. The molecule has 0 N–H and O–H groups in total. The molecule has 8 heteroatoms. The van der Waals surface area contributed by atoms with Crippen LogP contribution in [0.4, 0.5) is 0 Å². The van der Waals surface area contributed by atoms with E-state index in [2.05, 4.69) is 10.1 Å². The number of carbonyl (C=O) groups is 1. The molecule has 0 saturated carbocycles. The Balaban J connectivity index is 1.56. The minimum Gasteiger partial charge on any atom is -0.367 e. The van der Waals surface area contributed by atoms with Gasteiger partial charge in [0.1, 0.15) is 6.61 Å². The maximum absolute atomic E-state index is 12.4. The molecule has 2 aromatic rings. The highest BCUT2D eigenvalue weighted by molar-refractivity contribution is 7.17. The van der Waals surface area contributed by atoms with Crippen molar-refractivity contribution in [2.45, 2.75) is 32.5 Å². The lowest BCUT2D eigenvalue weighted by molar-refractivity contribution is -0.0152. The molecular weight excluding hydrogens is 326 g/mol. The van der Waals surface area contributed by atoms with Gasteiger partial charge in [-0.05, 0) is 31.9 Å². The van der Waals surface area contributed by atoms with Crippen molar-refractivity contribution in [3.8, 4) is 0 Å². The zero-order valence-corrected chi connectivity index (χ0v) is 13.7. The van der Waals surface area contributed by atoms with Crippen LogP contribution in [0.15, 0.2) is 16.7 Å². The van der Waals surface area contributed by atoms with Crippen LogP contribution in [0.5, 0.6) is 0 Å². The van der Waals surface area contributed by atoms with Crippen molar-refractivity contribution < 1.29 is 14.1 Å². The third-order valence-electron chi connectivity index (χ3n) is 3.46. The van der Waals surface area contributed by atoms with Gasteiger partial charge in [0.2, 0.25) is 0 Å². The zero-order chi connectivity index (χ0) is 15.5. The third kappa shape index (κ3) is 3.66. The van der Waals surface area contributed by atoms with Crippen molar-refractivity contribution >= 4 is 28.8 Å². The van der Waals surface area contributed by atoms with Crippen molar-refractivity contribution in [3.63, 3.8) is 0 Å². The molecule has 1 unspecified atom stereocenters. The first-order valence-electron chi connectivity index (χ1n) is 7.07. The lowest BCUT2D eigenvalue weighted by atomic mass is 10.1. The Morgan fingerprint density at radius 2 is 2.45 bits per heavy atom. The predicted molar refractivity (Wildman–Crippen MR) is 82.1 cm³/mol. The standard InChI is InChI=1S/C14H16ClN3O3S/c1-9-16-13(21-17-9)8-20-10-3-2-6-18(7-10)14(19)11-4-5-12(15)22-11/h4-5,10H,2-3,6-8H2,1H3. The molecule has 1 atom stereocenters. The molecule has 1 aliphatic rings. The molecule has 3 rings (SSSR count). The summed E-state index contributed by atoms with van der Waals surface area (Å²) in [4.78, 5) is 19.0. The molecule has 2 aromatic heterocycles. The lowest BCUT2D eigenvalue weighted by Crippen LogP contribution is -2.43. The van der Waals surface area contributed by atoms with Gasteiger partial charge in [-0.25, -0.2) is 0 Å². The number of hydrogen-bond donors (Lipinski definition) is 0. The summed E-state index contributed by atoms with van der Waals surface area (Å²) in [5, 5.41) is 3.72. The van der Waals surface area contributed by atoms with Crippen molar-refractivity contribution in [3.05, 3.63) is 33.1 Å². The second-order valence-electron chi connectivity index (χ2n) is 5.17. The Bertz CT molecular complexity index is 657. The second kappa shape index (κ2) is 6.76. The van der Waals surface area contributed by atoms with E-state index in [9.17, 15) is 4.79 Å². The number of aromatic nitrogens is 2. The van der Waals surface area contributed by atoms with E-state index in [-0.39, 0.29) is 18.6 Å². The van der Waals surface area contributed by atoms with E-state index in [0.717, 1.165) is 19.4 Å². The zero-order valence-electron chi connectivity index (χ0n) is 12.1. The molecule has 0 bridgehead atoms. The van der Waals surface area contributed by atoms with E-state index in [0.29, 0.717) is 27.5 Å². The Hall–Kier alpha value is -1.44. The predicted octanol–water partition coefficient (Wildman–Crippen LogP) is 2.91. The summed E-state index contributed by atoms with van der Waals surface area (Å²) in [6, 6.07) is 3.51. The molecule has 6 nitrogen and oxygen atoms in total. The monoisotopic (exact) mass is 341 g/mol. The van der Waals surface area contributed by atoms with Crippen LogP contribution in [-0.2, 0) is 11.3 Å². The van der Waals surface area contributed by atoms with E-state index < -0.39 is 0 Å². The summed E-state index contributed by atoms with van der Waals surface area (Å²) < 4.78 is 11.4. The fourth-order valence-electron chi connectivity index (χ4n) is 2.43. The number of carbonyl (C=O) groups excluding carboxylic acids is 1. The number of piperidine rings is 1. The van der Waals surface area contributed by atoms with Gasteiger partial charge in [0.05, 0.1) is 15.3 Å². The highest BCUT2D eigenvalue weighted by Gasteiger charge is 2.26. The molecule has 3 heterocycles. The fourth-order valence-corrected chi connectivity index (χ4v) is 3.44. The molecule has 118 valence electrons. The fraction of sp³-hybridized carbons (Fsp3) is 0.500. The average Bonchev–Trinajstić information content (AvgIpc) is 3.13. The maximum Gasteiger partial charge on any atom is 0.264 e. The first-order chi connectivity index (χ1) is 10.6. The van der Waals surface area contributed by atoms with Gasteiger partial charge in [0.15, 0.2) is 5.82 Å². The number of rotatable bonds is 4. The summed E-state index contributed by atoms with van der Waals surface area (Å²) in [5.74, 6) is 1.07. The molecule has 1 fully saturated rings. The summed E-state index contributed by atoms with van der Waals surface area (Å²) in [6.45, 7) is 3.36. The van der Waals surface area contributed by atoms with E-state index >= 15 is 0 Å². The first kappa shape index (κ1) is 15.5. The number of amides is 1. The Labute approximate surface area is 137 Å². The second-order valence-corrected chi connectivity index (χ2v) is 6.88. The summed E-state index contributed by atoms with van der Waals surface area (Å²) >= 11 is 7.20. The highest BCUT2D eigenvalue weighted by atomic mass is 35.5. The smallest absolute Gasteiger partial charge is 0.264 e. The molecule has 0 aliphatic carbocycles. The van der Waals surface area contributed by atoms with E-state index in [4.69, 9.17) is 20.9 Å². The van der Waals surface area contributed by atoms with E-state index in [1.54, 1.807) is 19.1 Å². The number of hydrogen-bond acceptors (Lipinski definition) is 6. The van der Waals surface area contributed by atoms with Gasteiger partial charge >= 0.3 is 0 Å². The van der Waals surface area contributed by atoms with Crippen LogP contribution in [0.3, 0.4) is 0 Å². The van der Waals surface area contributed by atoms with Crippen LogP contribution >= 0.6 is 22.9 Å². The van der Waals surface area contributed by atoms with Gasteiger partial charge in [0, 0.05) is 13.1 Å². The van der Waals surface area contributed by atoms with Crippen molar-refractivity contribution in [1.82, 2.24) is 15.0 Å². The van der Waals surface area contributed by atoms with Crippen LogP contribution in [0.25, 0.3) is 0 Å². The van der Waals surface area contributed by atoms with Gasteiger partial charge < -0.3 is 14.2 Å². The Morgan fingerprint density at radius 1 is 1.59 bits per heavy atom. The van der Waals surface area contributed by atoms with Crippen LogP contribution in [0.1, 0.15) is 34.2 Å². The van der Waals surface area contributed by atoms with E-state index in [1.807, 2.05) is 4.90 Å². The van der Waals surface area contributed by atoms with Gasteiger partial charge in [-0.3, -0.25) is 4.79 Å². The largest absolute Gasteiger partial charge is 0.367 e. The highest BCUT2D eigenvalue weighted by Crippen LogP contribution is 2.24. The maximum atomic E-state index is 12.4. The van der Waals surface area contributed by atoms with Crippen molar-refractivity contribution in [1.29, 1.82) is 0 Å². The van der Waals surface area contributed by atoms with Gasteiger partial charge in [-0.1, -0.05) is 16.8 Å². The molecule has 0 aromatic carbocycles. The third-order valence-corrected chi connectivity index (χ3v) is 4.68. The number of ether oxygens (including phenoxy) is 1. The number of likely N-dealkylation sites (tertiary alicyclic amines) is 1. The van der Waals surface area contributed by atoms with Crippen LogP contribution in [0, 0.1) is 6.92 Å². The van der Waals surface area contributed by atoms with Crippen molar-refractivity contribution in [2.75, 3.05) is 13.1 Å². The lowest BCUT2D eigenvalue weighted by Gasteiger charge is -2.32. The molecule has 22 heavy (non-hydrogen) atoms. The Morgan fingerprint density at radius 3 is 3.14 bits per heavy atom. The minimum absolute atomic E-state index is 0.0128. The molecule has 1 amide bonds. The number of aryl methyl sites for hydroxylation is 1. The van der Waals surface area contributed by atoms with Crippen LogP contribution in [0.2, 0.25) is 4.34 Å². The van der Waals surface area contributed by atoms with Gasteiger partial charge in [-0.2, -0.15) is 4.98 Å². The average molecular weight is 342 g/mol. The molecular formula is C14H16ClN3O3S. The number of nitrogens with zero attached hydrogens (tertiary/aromatic N) is 3. The molecule has 0 spiro atoms. The van der Waals surface area contributed by atoms with E-state index in [1.165, 1.54) is 11.3 Å². The summed E-state index contributed by atoms with van der Waals surface area (Å²) in [6.07, 6.45) is 1.82. The topological polar surface area (TPSA) is 68.5 Å². The van der Waals surface area contributed by atoms with Gasteiger partial charge in [-0.15, -0.1) is 11.3 Å². The SMILES string of the molecule is Cc1noc(COC2CCCN(C(=O)c3ccc(Cl)s3)C2)n1. The summed E-state index contributed by atoms with van der Waals surface area (Å²) in [7, 11) is 0. The molecule has 0 radical (unpaired) electrons. The minimum atomic E-state index is -0.0136. The molecule has 1 aliphatic heterocycles. The Kier molecular flexibility index (Phi) is 4.75. The quantitative estimate of drug-likeness (QED) is 0.855. The first-order valence-corrected chi connectivity index (χ1v) is 8.26. The summed E-state index contributed by atoms with van der Waals surface area (Å²) in [5.41, 5.74) is 0. The van der Waals surface area contributed by atoms with Gasteiger partial charge in [0.25, 0.3) is 11.8 Å². The van der Waals surface area contributed by atoms with Crippen LogP contribution in [-0.4, -0.2) is 40.1 Å². The van der Waals surface area contributed by atoms with Crippen LogP contribution < -0.4 is 0 Å².